The normalized spacial score (nSPS) is 27.9. The van der Waals surface area contributed by atoms with E-state index in [9.17, 15) is 0 Å². The average molecular weight is 273 g/mol. The summed E-state index contributed by atoms with van der Waals surface area (Å²) in [6.07, 6.45) is 1.17. The highest BCUT2D eigenvalue weighted by Crippen LogP contribution is 2.34. The molecule has 4 heteroatoms. The van der Waals surface area contributed by atoms with Gasteiger partial charge in [0.1, 0.15) is 0 Å². The molecule has 1 nitrogen and oxygen atoms in total. The molecule has 0 saturated carbocycles. The number of thioether (sulfide) groups is 2. The second kappa shape index (κ2) is 6.34. The van der Waals surface area contributed by atoms with E-state index >= 15 is 0 Å². The molecule has 0 radical (unpaired) electrons. The van der Waals surface area contributed by atoms with Gasteiger partial charge < -0.3 is 5.32 Å². The Balaban J connectivity index is 1.98. The minimum Gasteiger partial charge on any atom is -0.316 e. The van der Waals surface area contributed by atoms with Crippen LogP contribution in [0.25, 0.3) is 0 Å². The van der Waals surface area contributed by atoms with Crippen LogP contribution < -0.4 is 5.32 Å². The molecular formula is C12H19NS3. The van der Waals surface area contributed by atoms with Gasteiger partial charge in [-0.2, -0.15) is 34.9 Å². The zero-order valence-corrected chi connectivity index (χ0v) is 12.3. The molecule has 3 unspecified atom stereocenters. The molecule has 2 rings (SSSR count). The standard InChI is InChI=1S/C12H19NS3/c1-9-12(16-6-5-15-9)11(13-2)7-10-3-4-14-8-10/h3-4,8-9,11-13H,5-7H2,1-2H3. The van der Waals surface area contributed by atoms with Crippen LogP contribution in [-0.4, -0.2) is 35.1 Å². The maximum Gasteiger partial charge on any atom is 0.0320 e. The van der Waals surface area contributed by atoms with Gasteiger partial charge in [0.2, 0.25) is 0 Å². The van der Waals surface area contributed by atoms with Crippen molar-refractivity contribution < 1.29 is 0 Å². The molecule has 0 spiro atoms. The largest absolute Gasteiger partial charge is 0.316 e. The van der Waals surface area contributed by atoms with Crippen molar-refractivity contribution in [3.63, 3.8) is 0 Å². The summed E-state index contributed by atoms with van der Waals surface area (Å²) in [7, 11) is 2.10. The predicted molar refractivity (Wildman–Crippen MR) is 79.0 cm³/mol. The van der Waals surface area contributed by atoms with Crippen molar-refractivity contribution in [3.8, 4) is 0 Å². The van der Waals surface area contributed by atoms with Crippen LogP contribution in [0.3, 0.4) is 0 Å². The SMILES string of the molecule is CNC(Cc1ccsc1)C1SCCSC1C. The van der Waals surface area contributed by atoms with E-state index in [1.54, 1.807) is 11.3 Å². The summed E-state index contributed by atoms with van der Waals surface area (Å²) >= 11 is 6.07. The molecule has 1 fully saturated rings. The first kappa shape index (κ1) is 12.8. The third kappa shape index (κ3) is 3.19. The van der Waals surface area contributed by atoms with Crippen LogP contribution in [0.4, 0.5) is 0 Å². The number of likely N-dealkylation sites (N-methyl/N-ethyl adjacent to an activating group) is 1. The molecule has 1 aromatic rings. The highest BCUT2D eigenvalue weighted by Gasteiger charge is 2.29. The van der Waals surface area contributed by atoms with Gasteiger partial charge in [-0.15, -0.1) is 0 Å². The lowest BCUT2D eigenvalue weighted by atomic mass is 10.0. The number of rotatable bonds is 4. The lowest BCUT2D eigenvalue weighted by molar-refractivity contribution is 0.531. The molecule has 0 amide bonds. The van der Waals surface area contributed by atoms with Gasteiger partial charge in [0.25, 0.3) is 0 Å². The summed E-state index contributed by atoms with van der Waals surface area (Å²) in [5, 5.41) is 9.49. The third-order valence-corrected chi connectivity index (χ3v) is 7.02. The lowest BCUT2D eigenvalue weighted by Crippen LogP contribution is -2.44. The van der Waals surface area contributed by atoms with Crippen molar-refractivity contribution >= 4 is 34.9 Å². The maximum atomic E-state index is 3.51. The molecule has 1 saturated heterocycles. The molecule has 16 heavy (non-hydrogen) atoms. The van der Waals surface area contributed by atoms with Crippen LogP contribution in [-0.2, 0) is 6.42 Å². The molecule has 1 aliphatic heterocycles. The Morgan fingerprint density at radius 3 is 2.88 bits per heavy atom. The summed E-state index contributed by atoms with van der Waals surface area (Å²) < 4.78 is 0. The highest BCUT2D eigenvalue weighted by atomic mass is 32.2. The molecule has 1 N–H and O–H groups in total. The van der Waals surface area contributed by atoms with E-state index in [0.29, 0.717) is 6.04 Å². The zero-order valence-electron chi connectivity index (χ0n) is 9.81. The summed E-state index contributed by atoms with van der Waals surface area (Å²) in [6, 6.07) is 2.86. The van der Waals surface area contributed by atoms with Gasteiger partial charge in [-0.1, -0.05) is 6.92 Å². The Morgan fingerprint density at radius 1 is 1.44 bits per heavy atom. The number of thiophene rings is 1. The Morgan fingerprint density at radius 2 is 2.25 bits per heavy atom. The van der Waals surface area contributed by atoms with Crippen molar-refractivity contribution in [3.05, 3.63) is 22.4 Å². The molecule has 3 atom stereocenters. The van der Waals surface area contributed by atoms with E-state index in [1.807, 2.05) is 0 Å². The Hall–Kier alpha value is 0.360. The minimum atomic E-state index is 0.613. The highest BCUT2D eigenvalue weighted by molar-refractivity contribution is 8.07. The molecule has 0 aliphatic carbocycles. The van der Waals surface area contributed by atoms with Gasteiger partial charge in [0.05, 0.1) is 0 Å². The zero-order chi connectivity index (χ0) is 11.4. The molecular weight excluding hydrogens is 254 g/mol. The first-order chi connectivity index (χ1) is 7.81. The van der Waals surface area contributed by atoms with Gasteiger partial charge >= 0.3 is 0 Å². The summed E-state index contributed by atoms with van der Waals surface area (Å²) in [5.41, 5.74) is 1.48. The molecule has 2 heterocycles. The average Bonchev–Trinajstić information content (AvgIpc) is 2.80. The second-order valence-corrected chi connectivity index (χ2v) is 7.69. The number of hydrogen-bond acceptors (Lipinski definition) is 4. The van der Waals surface area contributed by atoms with Crippen molar-refractivity contribution in [1.82, 2.24) is 5.32 Å². The van der Waals surface area contributed by atoms with Gasteiger partial charge in [0, 0.05) is 28.0 Å². The van der Waals surface area contributed by atoms with Gasteiger partial charge in [0.15, 0.2) is 0 Å². The van der Waals surface area contributed by atoms with E-state index in [1.165, 1.54) is 23.5 Å². The summed E-state index contributed by atoms with van der Waals surface area (Å²) in [4.78, 5) is 0. The fraction of sp³-hybridized carbons (Fsp3) is 0.667. The van der Waals surface area contributed by atoms with Crippen molar-refractivity contribution in [2.75, 3.05) is 18.6 Å². The van der Waals surface area contributed by atoms with E-state index in [4.69, 9.17) is 0 Å². The van der Waals surface area contributed by atoms with Crippen LogP contribution in [0.15, 0.2) is 16.8 Å². The van der Waals surface area contributed by atoms with Crippen LogP contribution >= 0.6 is 34.9 Å². The van der Waals surface area contributed by atoms with Crippen LogP contribution in [0, 0.1) is 0 Å². The predicted octanol–water partition coefficient (Wildman–Crippen LogP) is 3.12. The molecule has 90 valence electrons. The van der Waals surface area contributed by atoms with Gasteiger partial charge in [-0.25, -0.2) is 0 Å². The van der Waals surface area contributed by atoms with E-state index in [2.05, 4.69) is 59.6 Å². The summed E-state index contributed by atoms with van der Waals surface area (Å²) in [6.45, 7) is 2.37. The minimum absolute atomic E-state index is 0.613. The molecule has 0 aromatic carbocycles. The molecule has 1 aliphatic rings. The second-order valence-electron chi connectivity index (χ2n) is 4.14. The van der Waals surface area contributed by atoms with E-state index < -0.39 is 0 Å². The smallest absolute Gasteiger partial charge is 0.0320 e. The van der Waals surface area contributed by atoms with E-state index in [0.717, 1.165) is 10.5 Å². The summed E-state index contributed by atoms with van der Waals surface area (Å²) in [5.74, 6) is 2.62. The fourth-order valence-electron chi connectivity index (χ4n) is 2.14. The van der Waals surface area contributed by atoms with Gasteiger partial charge in [-0.05, 0) is 35.9 Å². The molecule has 1 aromatic heterocycles. The quantitative estimate of drug-likeness (QED) is 0.905. The van der Waals surface area contributed by atoms with Crippen molar-refractivity contribution in [2.24, 2.45) is 0 Å². The van der Waals surface area contributed by atoms with Crippen LogP contribution in [0.1, 0.15) is 12.5 Å². The monoisotopic (exact) mass is 273 g/mol. The van der Waals surface area contributed by atoms with Crippen molar-refractivity contribution in [2.45, 2.75) is 29.9 Å². The van der Waals surface area contributed by atoms with E-state index in [-0.39, 0.29) is 0 Å². The Labute approximate surface area is 111 Å². The first-order valence-electron chi connectivity index (χ1n) is 5.73. The van der Waals surface area contributed by atoms with Gasteiger partial charge in [-0.3, -0.25) is 0 Å². The number of nitrogens with one attached hydrogen (secondary N) is 1. The third-order valence-electron chi connectivity index (χ3n) is 3.04. The first-order valence-corrected chi connectivity index (χ1v) is 8.77. The number of hydrogen-bond donors (Lipinski definition) is 1. The molecule has 0 bridgehead atoms. The van der Waals surface area contributed by atoms with Crippen LogP contribution in [0.2, 0.25) is 0 Å². The maximum absolute atomic E-state index is 3.51. The van der Waals surface area contributed by atoms with Crippen LogP contribution in [0.5, 0.6) is 0 Å². The van der Waals surface area contributed by atoms with Crippen molar-refractivity contribution in [1.29, 1.82) is 0 Å². The Kier molecular flexibility index (Phi) is 5.07. The fourth-order valence-corrected chi connectivity index (χ4v) is 5.82. The topological polar surface area (TPSA) is 12.0 Å². The Bertz CT molecular complexity index is 299. The lowest BCUT2D eigenvalue weighted by Gasteiger charge is -2.34.